The summed E-state index contributed by atoms with van der Waals surface area (Å²) in [5.41, 5.74) is 0. The minimum absolute atomic E-state index is 0. The van der Waals surface area contributed by atoms with Crippen molar-refractivity contribution in [2.45, 2.75) is 32.4 Å². The van der Waals surface area contributed by atoms with Crippen molar-refractivity contribution in [1.29, 1.82) is 0 Å². The van der Waals surface area contributed by atoms with Gasteiger partial charge in [-0.15, -0.1) is 24.0 Å². The van der Waals surface area contributed by atoms with Crippen molar-refractivity contribution in [3.8, 4) is 0 Å². The highest BCUT2D eigenvalue weighted by Crippen LogP contribution is 2.28. The third-order valence-electron chi connectivity index (χ3n) is 3.10. The van der Waals surface area contributed by atoms with E-state index in [1.807, 2.05) is 25.8 Å². The second-order valence-electron chi connectivity index (χ2n) is 4.62. The molecule has 0 saturated heterocycles. The van der Waals surface area contributed by atoms with E-state index in [1.54, 1.807) is 0 Å². The molecule has 0 amide bonds. The molecule has 1 aromatic heterocycles. The predicted molar refractivity (Wildman–Crippen MR) is 84.3 cm³/mol. The van der Waals surface area contributed by atoms with Gasteiger partial charge in [0.1, 0.15) is 0 Å². The predicted octanol–water partition coefficient (Wildman–Crippen LogP) is 1.46. The molecule has 2 atom stereocenters. The number of aliphatic imine (C=N–C) groups is 1. The molecular formula is C12H22IN5. The number of nitrogens with zero attached hydrogens (tertiary/aromatic N) is 3. The molecule has 1 aliphatic rings. The van der Waals surface area contributed by atoms with Crippen molar-refractivity contribution in [2.75, 3.05) is 13.6 Å². The van der Waals surface area contributed by atoms with Gasteiger partial charge in [-0.25, -0.2) is 4.98 Å². The van der Waals surface area contributed by atoms with Gasteiger partial charge < -0.3 is 15.2 Å². The molecule has 1 aromatic rings. The van der Waals surface area contributed by atoms with Crippen LogP contribution in [0, 0.1) is 5.92 Å². The van der Waals surface area contributed by atoms with E-state index in [4.69, 9.17) is 0 Å². The molecule has 102 valence electrons. The first-order valence-corrected chi connectivity index (χ1v) is 6.22. The summed E-state index contributed by atoms with van der Waals surface area (Å²) in [4.78, 5) is 8.23. The topological polar surface area (TPSA) is 54.2 Å². The minimum Gasteiger partial charge on any atom is -0.356 e. The van der Waals surface area contributed by atoms with Gasteiger partial charge in [0.25, 0.3) is 0 Å². The maximum atomic E-state index is 4.21. The molecule has 0 aromatic carbocycles. The quantitative estimate of drug-likeness (QED) is 0.361. The number of hydrogen-bond acceptors (Lipinski definition) is 2. The first-order valence-electron chi connectivity index (χ1n) is 6.22. The Morgan fingerprint density at radius 3 is 2.89 bits per heavy atom. The second-order valence-corrected chi connectivity index (χ2v) is 4.62. The fourth-order valence-corrected chi connectivity index (χ4v) is 1.78. The molecule has 0 spiro atoms. The van der Waals surface area contributed by atoms with Crippen LogP contribution in [0.1, 0.15) is 19.8 Å². The van der Waals surface area contributed by atoms with E-state index in [9.17, 15) is 0 Å². The number of aromatic nitrogens is 2. The van der Waals surface area contributed by atoms with Crippen LogP contribution in [-0.4, -0.2) is 35.1 Å². The summed E-state index contributed by atoms with van der Waals surface area (Å²) in [6.45, 7) is 4.17. The van der Waals surface area contributed by atoms with Gasteiger partial charge in [-0.05, 0) is 18.8 Å². The van der Waals surface area contributed by atoms with Crippen molar-refractivity contribution >= 4 is 29.9 Å². The lowest BCUT2D eigenvalue weighted by Gasteiger charge is -2.11. The van der Waals surface area contributed by atoms with E-state index in [1.165, 1.54) is 6.42 Å². The SMILES string of the molecule is CN=C(NCCCn1ccnc1)NC1CC1C.I. The fraction of sp³-hybridized carbons (Fsp3) is 0.667. The molecule has 1 aliphatic carbocycles. The Kier molecular flexibility index (Phi) is 6.45. The number of rotatable bonds is 5. The average Bonchev–Trinajstić information content (AvgIpc) is 2.83. The van der Waals surface area contributed by atoms with E-state index >= 15 is 0 Å². The third kappa shape index (κ3) is 4.83. The highest BCUT2D eigenvalue weighted by molar-refractivity contribution is 14.0. The van der Waals surface area contributed by atoms with Crippen LogP contribution in [0.25, 0.3) is 0 Å². The number of halogens is 1. The number of hydrogen-bond donors (Lipinski definition) is 2. The van der Waals surface area contributed by atoms with Crippen molar-refractivity contribution in [1.82, 2.24) is 20.2 Å². The molecular weight excluding hydrogens is 341 g/mol. The maximum Gasteiger partial charge on any atom is 0.191 e. The standard InChI is InChI=1S/C12H21N5.HI/c1-10-8-11(10)16-12(13-2)15-4-3-6-17-7-5-14-9-17;/h5,7,9-11H,3-4,6,8H2,1-2H3,(H2,13,15,16);1H. The van der Waals surface area contributed by atoms with Gasteiger partial charge in [0.2, 0.25) is 0 Å². The Hall–Kier alpha value is -0.790. The van der Waals surface area contributed by atoms with Gasteiger partial charge in [-0.2, -0.15) is 0 Å². The minimum atomic E-state index is 0. The summed E-state index contributed by atoms with van der Waals surface area (Å²) in [6.07, 6.45) is 7.97. The molecule has 5 nitrogen and oxygen atoms in total. The third-order valence-corrected chi connectivity index (χ3v) is 3.10. The monoisotopic (exact) mass is 363 g/mol. The molecule has 0 aliphatic heterocycles. The summed E-state index contributed by atoms with van der Waals surface area (Å²) < 4.78 is 2.08. The fourth-order valence-electron chi connectivity index (χ4n) is 1.78. The molecule has 2 rings (SSSR count). The van der Waals surface area contributed by atoms with Crippen LogP contribution in [0.2, 0.25) is 0 Å². The summed E-state index contributed by atoms with van der Waals surface area (Å²) in [5.74, 6) is 1.71. The van der Waals surface area contributed by atoms with Gasteiger partial charge in [0.05, 0.1) is 6.33 Å². The summed E-state index contributed by atoms with van der Waals surface area (Å²) >= 11 is 0. The molecule has 2 N–H and O–H groups in total. The lowest BCUT2D eigenvalue weighted by Crippen LogP contribution is -2.39. The zero-order chi connectivity index (χ0) is 12.1. The zero-order valence-electron chi connectivity index (χ0n) is 11.0. The van der Waals surface area contributed by atoms with Crippen LogP contribution in [0.4, 0.5) is 0 Å². The summed E-state index contributed by atoms with van der Waals surface area (Å²) in [6, 6.07) is 0.620. The highest BCUT2D eigenvalue weighted by atomic mass is 127. The first-order chi connectivity index (χ1) is 8.29. The Balaban J connectivity index is 0.00000162. The number of imidazole rings is 1. The van der Waals surface area contributed by atoms with E-state index in [0.717, 1.165) is 31.4 Å². The molecule has 1 fully saturated rings. The average molecular weight is 363 g/mol. The number of aryl methyl sites for hydroxylation is 1. The first kappa shape index (κ1) is 15.3. The zero-order valence-corrected chi connectivity index (χ0v) is 13.3. The lowest BCUT2D eigenvalue weighted by molar-refractivity contribution is 0.623. The van der Waals surface area contributed by atoms with Crippen LogP contribution in [0.5, 0.6) is 0 Å². The van der Waals surface area contributed by atoms with E-state index < -0.39 is 0 Å². The molecule has 2 unspecified atom stereocenters. The van der Waals surface area contributed by atoms with Crippen molar-refractivity contribution in [3.63, 3.8) is 0 Å². The molecule has 0 radical (unpaired) electrons. The largest absolute Gasteiger partial charge is 0.356 e. The van der Waals surface area contributed by atoms with Crippen molar-refractivity contribution in [2.24, 2.45) is 10.9 Å². The molecule has 18 heavy (non-hydrogen) atoms. The molecule has 1 heterocycles. The van der Waals surface area contributed by atoms with E-state index in [2.05, 4.69) is 32.1 Å². The van der Waals surface area contributed by atoms with Crippen molar-refractivity contribution < 1.29 is 0 Å². The van der Waals surface area contributed by atoms with Crippen molar-refractivity contribution in [3.05, 3.63) is 18.7 Å². The number of nitrogens with one attached hydrogen (secondary N) is 2. The normalized spacial score (nSPS) is 22.2. The Morgan fingerprint density at radius 1 is 1.56 bits per heavy atom. The Morgan fingerprint density at radius 2 is 2.33 bits per heavy atom. The summed E-state index contributed by atoms with van der Waals surface area (Å²) in [5, 5.41) is 6.73. The van der Waals surface area contributed by atoms with E-state index in [-0.39, 0.29) is 24.0 Å². The summed E-state index contributed by atoms with van der Waals surface area (Å²) in [7, 11) is 1.82. The molecule has 0 bridgehead atoms. The van der Waals surface area contributed by atoms with Gasteiger partial charge >= 0.3 is 0 Å². The number of guanidine groups is 1. The van der Waals surface area contributed by atoms with Gasteiger partial charge in [0, 0.05) is 38.6 Å². The van der Waals surface area contributed by atoms with Gasteiger partial charge in [0.15, 0.2) is 5.96 Å². The van der Waals surface area contributed by atoms with Gasteiger partial charge in [-0.1, -0.05) is 6.92 Å². The van der Waals surface area contributed by atoms with Crippen LogP contribution in [0.3, 0.4) is 0 Å². The second kappa shape index (κ2) is 7.60. The van der Waals surface area contributed by atoms with Crippen LogP contribution in [-0.2, 0) is 6.54 Å². The van der Waals surface area contributed by atoms with Crippen LogP contribution >= 0.6 is 24.0 Å². The maximum absolute atomic E-state index is 4.21. The molecule has 6 heteroatoms. The molecule has 1 saturated carbocycles. The van der Waals surface area contributed by atoms with E-state index in [0.29, 0.717) is 6.04 Å². The lowest BCUT2D eigenvalue weighted by atomic mass is 10.4. The Bertz CT molecular complexity index is 363. The van der Waals surface area contributed by atoms with Crippen LogP contribution < -0.4 is 10.6 Å². The highest BCUT2D eigenvalue weighted by Gasteiger charge is 2.32. The Labute approximate surface area is 125 Å². The smallest absolute Gasteiger partial charge is 0.191 e. The van der Waals surface area contributed by atoms with Crippen LogP contribution in [0.15, 0.2) is 23.7 Å². The van der Waals surface area contributed by atoms with Gasteiger partial charge in [-0.3, -0.25) is 4.99 Å².